The van der Waals surface area contributed by atoms with Gasteiger partial charge in [0, 0.05) is 11.8 Å². The van der Waals surface area contributed by atoms with Crippen LogP contribution < -0.4 is 5.73 Å². The number of alkyl halides is 2. The number of rotatable bonds is 5. The largest absolute Gasteiger partial charge is 0.415 e. The Kier molecular flexibility index (Phi) is 3.88. The Morgan fingerprint density at radius 1 is 1.18 bits per heavy atom. The predicted molar refractivity (Wildman–Crippen MR) is 91.4 cm³/mol. The van der Waals surface area contributed by atoms with Gasteiger partial charge in [-0.3, -0.25) is 0 Å². The van der Waals surface area contributed by atoms with Crippen LogP contribution in [0.4, 0.5) is 19.0 Å². The normalized spacial score (nSPS) is 12.9. The number of nitrogens with zero attached hydrogens (tertiary/aromatic N) is 6. The van der Waals surface area contributed by atoms with Gasteiger partial charge in [-0.25, -0.2) is 14.1 Å². The number of aromatic nitrogens is 6. The second kappa shape index (κ2) is 7.10. The molecular weight excluding hydrogens is 375 g/mol. The summed E-state index contributed by atoms with van der Waals surface area (Å²) in [7, 11) is 0. The van der Waals surface area contributed by atoms with Crippen molar-refractivity contribution in [3.63, 3.8) is 0 Å². The van der Waals surface area contributed by atoms with E-state index in [9.17, 15) is 13.2 Å². The van der Waals surface area contributed by atoms with Crippen LogP contribution in [0.1, 0.15) is 20.6 Å². The maximum absolute atomic E-state index is 14.6. The van der Waals surface area contributed by atoms with E-state index in [1.54, 1.807) is 12.1 Å². The molecular formula is C17H12F3N7O. The molecule has 0 radical (unpaired) electrons. The molecule has 0 fully saturated rings. The van der Waals surface area contributed by atoms with Gasteiger partial charge in [-0.15, -0.1) is 15.3 Å². The monoisotopic (exact) mass is 389 g/mol. The molecule has 0 bridgehead atoms. The van der Waals surface area contributed by atoms with Crippen molar-refractivity contribution >= 4 is 5.82 Å². The van der Waals surface area contributed by atoms with Crippen LogP contribution in [0.15, 0.2) is 47.1 Å². The molecule has 11 heteroatoms. The molecule has 2 N–H and O–H groups in total. The first kappa shape index (κ1) is 15.3. The van der Waals surface area contributed by atoms with E-state index in [4.69, 9.17) is 12.9 Å². The maximum Gasteiger partial charge on any atom is 0.314 e. The predicted octanol–water partition coefficient (Wildman–Crippen LogP) is 3.10. The van der Waals surface area contributed by atoms with Crippen LogP contribution in [-0.2, 0) is 6.50 Å². The van der Waals surface area contributed by atoms with Crippen molar-refractivity contribution in [1.82, 2.24) is 30.2 Å². The Labute approximate surface area is 158 Å². The van der Waals surface area contributed by atoms with Gasteiger partial charge >= 0.3 is 6.43 Å². The van der Waals surface area contributed by atoms with Crippen LogP contribution in [0.2, 0.25) is 0 Å². The Bertz CT molecular complexity index is 1190. The lowest BCUT2D eigenvalue weighted by molar-refractivity contribution is 0.116. The average molecular weight is 389 g/mol. The Morgan fingerprint density at radius 2 is 2.04 bits per heavy atom. The zero-order chi connectivity index (χ0) is 21.5. The number of hydrogen-bond donors (Lipinski definition) is 1. The van der Waals surface area contributed by atoms with Crippen LogP contribution in [0.25, 0.3) is 22.7 Å². The van der Waals surface area contributed by atoms with E-state index in [0.29, 0.717) is 17.1 Å². The zero-order valence-electron chi connectivity index (χ0n) is 15.9. The van der Waals surface area contributed by atoms with Crippen molar-refractivity contribution in [2.45, 2.75) is 12.9 Å². The van der Waals surface area contributed by atoms with Crippen LogP contribution >= 0.6 is 0 Å². The third-order valence-corrected chi connectivity index (χ3v) is 3.65. The summed E-state index contributed by atoms with van der Waals surface area (Å²) < 4.78 is 62.0. The second-order valence-electron chi connectivity index (χ2n) is 5.57. The third-order valence-electron chi connectivity index (χ3n) is 3.65. The topological polar surface area (TPSA) is 109 Å². The quantitative estimate of drug-likeness (QED) is 0.559. The standard InChI is InChI=1S/C17H12F3N7O/c18-12-5-9(1-3-11(12)16-24-25-17(28-16)15(19)20)7-27-8-13(23-26-27)10-2-4-14(21)22-6-10/h1-6,8,15H,7H2,(H2,21,22)/i7D2. The van der Waals surface area contributed by atoms with Gasteiger partial charge in [-0.2, -0.15) is 8.78 Å². The summed E-state index contributed by atoms with van der Waals surface area (Å²) in [4.78, 5) is 3.94. The van der Waals surface area contributed by atoms with Gasteiger partial charge in [0.05, 0.1) is 21.0 Å². The van der Waals surface area contributed by atoms with E-state index >= 15 is 0 Å². The first-order chi connectivity index (χ1) is 14.3. The summed E-state index contributed by atoms with van der Waals surface area (Å²) in [5, 5.41) is 14.2. The summed E-state index contributed by atoms with van der Waals surface area (Å²) in [5.41, 5.74) is 6.12. The molecule has 4 rings (SSSR count). The minimum Gasteiger partial charge on any atom is -0.415 e. The minimum atomic E-state index is -2.99. The van der Waals surface area contributed by atoms with E-state index in [2.05, 4.69) is 25.5 Å². The molecule has 0 aliphatic rings. The lowest BCUT2D eigenvalue weighted by Gasteiger charge is -2.04. The molecule has 3 aromatic heterocycles. The maximum atomic E-state index is 14.6. The summed E-state index contributed by atoms with van der Waals surface area (Å²) in [6, 6.07) is 6.53. The third kappa shape index (κ3) is 3.54. The molecule has 0 aliphatic carbocycles. The molecule has 0 atom stereocenters. The highest BCUT2D eigenvalue weighted by Crippen LogP contribution is 2.26. The van der Waals surface area contributed by atoms with Gasteiger partial charge in [-0.05, 0) is 29.8 Å². The number of halogens is 3. The fraction of sp³-hybridized carbons (Fsp3) is 0.118. The van der Waals surface area contributed by atoms with Crippen molar-refractivity contribution in [3.05, 3.63) is 60.0 Å². The Balaban J connectivity index is 1.64. The molecule has 3 heterocycles. The number of hydrogen-bond acceptors (Lipinski definition) is 7. The fourth-order valence-electron chi connectivity index (χ4n) is 2.33. The highest BCUT2D eigenvalue weighted by Gasteiger charge is 2.19. The van der Waals surface area contributed by atoms with Crippen LogP contribution in [0, 0.1) is 5.82 Å². The minimum absolute atomic E-state index is 0.0933. The fourth-order valence-corrected chi connectivity index (χ4v) is 2.33. The van der Waals surface area contributed by atoms with Crippen LogP contribution in [0.5, 0.6) is 0 Å². The van der Waals surface area contributed by atoms with Gasteiger partial charge < -0.3 is 10.2 Å². The second-order valence-corrected chi connectivity index (χ2v) is 5.57. The summed E-state index contributed by atoms with van der Waals surface area (Å²) in [5.74, 6) is -1.98. The number of pyridine rings is 1. The highest BCUT2D eigenvalue weighted by atomic mass is 19.3. The van der Waals surface area contributed by atoms with Crippen molar-refractivity contribution in [1.29, 1.82) is 0 Å². The molecule has 8 nitrogen and oxygen atoms in total. The van der Waals surface area contributed by atoms with E-state index in [1.807, 2.05) is 0 Å². The zero-order valence-corrected chi connectivity index (χ0v) is 13.9. The molecule has 28 heavy (non-hydrogen) atoms. The van der Waals surface area contributed by atoms with Gasteiger partial charge in [0.2, 0.25) is 0 Å². The lowest BCUT2D eigenvalue weighted by atomic mass is 10.1. The molecule has 4 aromatic rings. The van der Waals surface area contributed by atoms with E-state index < -0.39 is 30.5 Å². The molecule has 0 saturated heterocycles. The van der Waals surface area contributed by atoms with Gasteiger partial charge in [0.25, 0.3) is 11.8 Å². The van der Waals surface area contributed by atoms with E-state index in [0.717, 1.165) is 16.8 Å². The Morgan fingerprint density at radius 3 is 2.71 bits per heavy atom. The molecule has 1 aromatic carbocycles. The molecule has 142 valence electrons. The summed E-state index contributed by atoms with van der Waals surface area (Å²) in [6.07, 6.45) is -0.182. The van der Waals surface area contributed by atoms with Crippen molar-refractivity contribution in [2.24, 2.45) is 0 Å². The van der Waals surface area contributed by atoms with Crippen LogP contribution in [-0.4, -0.2) is 30.2 Å². The van der Waals surface area contributed by atoms with E-state index in [1.165, 1.54) is 18.5 Å². The first-order valence-electron chi connectivity index (χ1n) is 8.82. The molecule has 0 saturated carbocycles. The number of nitrogens with two attached hydrogens (primary N) is 1. The molecule has 0 spiro atoms. The van der Waals surface area contributed by atoms with Crippen molar-refractivity contribution in [3.8, 4) is 22.7 Å². The average Bonchev–Trinajstić information content (AvgIpc) is 3.39. The highest BCUT2D eigenvalue weighted by molar-refractivity contribution is 5.58. The number of nitrogen functional groups attached to an aromatic ring is 1. The SMILES string of the molecule is [2H]C([2H])(c1ccc(-c2nnc(C(F)F)o2)c(F)c1)n1cc(-c2ccc(N)nc2)nn1. The first-order valence-corrected chi connectivity index (χ1v) is 7.82. The van der Waals surface area contributed by atoms with Gasteiger partial charge in [0.15, 0.2) is 0 Å². The van der Waals surface area contributed by atoms with Gasteiger partial charge in [0.1, 0.15) is 17.3 Å². The van der Waals surface area contributed by atoms with Crippen LogP contribution in [0.3, 0.4) is 0 Å². The Hall–Kier alpha value is -3.76. The number of anilines is 1. The van der Waals surface area contributed by atoms with Crippen molar-refractivity contribution in [2.75, 3.05) is 5.73 Å². The van der Waals surface area contributed by atoms with E-state index in [-0.39, 0.29) is 11.1 Å². The number of benzene rings is 1. The smallest absolute Gasteiger partial charge is 0.314 e. The molecule has 0 unspecified atom stereocenters. The molecule has 0 amide bonds. The molecule has 0 aliphatic heterocycles. The van der Waals surface area contributed by atoms with Crippen molar-refractivity contribution < 1.29 is 20.3 Å². The van der Waals surface area contributed by atoms with Gasteiger partial charge in [-0.1, -0.05) is 11.3 Å². The summed E-state index contributed by atoms with van der Waals surface area (Å²) >= 11 is 0. The summed E-state index contributed by atoms with van der Waals surface area (Å²) in [6.45, 7) is -2.27. The lowest BCUT2D eigenvalue weighted by Crippen LogP contribution is -2.01.